The molecule has 0 aliphatic heterocycles. The van der Waals surface area contributed by atoms with Gasteiger partial charge in [0, 0.05) is 39.9 Å². The minimum Gasteiger partial charge on any atom is -0.366 e. The maximum atomic E-state index is 11.4. The Morgan fingerprint density at radius 2 is 1.59 bits per heavy atom. The number of amides is 1. The van der Waals surface area contributed by atoms with Crippen LogP contribution in [-0.2, 0) is 0 Å². The van der Waals surface area contributed by atoms with Gasteiger partial charge in [0.1, 0.15) is 0 Å². The van der Waals surface area contributed by atoms with Gasteiger partial charge in [0.25, 0.3) is 0 Å². The summed E-state index contributed by atoms with van der Waals surface area (Å²) in [6, 6.07) is 25.7. The minimum absolute atomic E-state index is 0.437. The van der Waals surface area contributed by atoms with Crippen LogP contribution in [0.4, 0.5) is 0 Å². The molecule has 5 aromatic rings. The molecule has 0 bridgehead atoms. The maximum Gasteiger partial charge on any atom is 0.248 e. The molecule has 0 saturated heterocycles. The van der Waals surface area contributed by atoms with Crippen LogP contribution in [0, 0.1) is 0 Å². The summed E-state index contributed by atoms with van der Waals surface area (Å²) >= 11 is 0. The van der Waals surface area contributed by atoms with Crippen LogP contribution in [0.15, 0.2) is 91.3 Å². The number of fused-ring (bicyclic) bond motifs is 2. The fraction of sp³-hybridized carbons (Fsp3) is 0. The van der Waals surface area contributed by atoms with Gasteiger partial charge in [-0.05, 0) is 41.3 Å². The van der Waals surface area contributed by atoms with Crippen molar-refractivity contribution in [1.29, 1.82) is 0 Å². The van der Waals surface area contributed by atoms with Crippen molar-refractivity contribution in [3.05, 3.63) is 96.8 Å². The lowest BCUT2D eigenvalue weighted by molar-refractivity contribution is 0.100. The van der Waals surface area contributed by atoms with Gasteiger partial charge in [-0.15, -0.1) is 0 Å². The molecule has 0 radical (unpaired) electrons. The molecule has 2 aromatic heterocycles. The normalized spacial score (nSPS) is 11.0. The summed E-state index contributed by atoms with van der Waals surface area (Å²) in [6.07, 6.45) is 3.73. The van der Waals surface area contributed by atoms with Crippen molar-refractivity contribution >= 4 is 27.6 Å². The predicted octanol–water partition coefficient (Wildman–Crippen LogP) is 5.22. The van der Waals surface area contributed by atoms with Crippen molar-refractivity contribution in [2.75, 3.05) is 0 Å². The number of para-hydroxylation sites is 1. The molecular weight excluding hydrogens is 358 g/mol. The number of nitrogens with zero attached hydrogens (tertiary/aromatic N) is 2. The molecule has 0 spiro atoms. The zero-order valence-electron chi connectivity index (χ0n) is 15.5. The molecule has 3 aromatic carbocycles. The van der Waals surface area contributed by atoms with Crippen LogP contribution in [-0.4, -0.2) is 15.9 Å². The monoisotopic (exact) mass is 375 g/mol. The summed E-state index contributed by atoms with van der Waals surface area (Å²) in [5, 5.41) is 3.26. The summed E-state index contributed by atoms with van der Waals surface area (Å²) in [7, 11) is 0. The first-order valence-corrected chi connectivity index (χ1v) is 9.34. The second-order valence-electron chi connectivity index (χ2n) is 6.92. The standard InChI is InChI=1S/C25H17N3O/c26-25(29)17-10-8-16(9-11-17)24-22-6-3-5-20(21(22)12-13-27-24)19-14-18-4-1-2-7-23(18)28-15-19/h1-15H,(H2,26,29). The molecule has 2 heterocycles. The molecule has 5 rings (SSSR count). The average Bonchev–Trinajstić information content (AvgIpc) is 2.78. The van der Waals surface area contributed by atoms with Gasteiger partial charge < -0.3 is 5.73 Å². The van der Waals surface area contributed by atoms with Gasteiger partial charge in [0.05, 0.1) is 11.2 Å². The van der Waals surface area contributed by atoms with E-state index in [0.29, 0.717) is 5.56 Å². The number of rotatable bonds is 3. The fourth-order valence-electron chi connectivity index (χ4n) is 3.70. The molecule has 0 aliphatic carbocycles. The molecule has 2 N–H and O–H groups in total. The zero-order valence-corrected chi connectivity index (χ0v) is 15.5. The van der Waals surface area contributed by atoms with Crippen LogP contribution in [0.3, 0.4) is 0 Å². The topological polar surface area (TPSA) is 68.9 Å². The van der Waals surface area contributed by atoms with E-state index in [-0.39, 0.29) is 0 Å². The van der Waals surface area contributed by atoms with Gasteiger partial charge in [-0.25, -0.2) is 0 Å². The Kier molecular flexibility index (Phi) is 4.03. The highest BCUT2D eigenvalue weighted by Gasteiger charge is 2.11. The summed E-state index contributed by atoms with van der Waals surface area (Å²) in [6.45, 7) is 0. The first-order valence-electron chi connectivity index (χ1n) is 9.34. The molecule has 0 atom stereocenters. The van der Waals surface area contributed by atoms with E-state index in [1.807, 2.05) is 54.9 Å². The molecular formula is C25H17N3O. The summed E-state index contributed by atoms with van der Waals surface area (Å²) in [4.78, 5) is 20.6. The average molecular weight is 375 g/mol. The van der Waals surface area contributed by atoms with Crippen molar-refractivity contribution < 1.29 is 4.79 Å². The Morgan fingerprint density at radius 3 is 2.41 bits per heavy atom. The van der Waals surface area contributed by atoms with Gasteiger partial charge >= 0.3 is 0 Å². The number of carbonyl (C=O) groups is 1. The van der Waals surface area contributed by atoms with Crippen molar-refractivity contribution in [3.8, 4) is 22.4 Å². The fourth-order valence-corrected chi connectivity index (χ4v) is 3.70. The maximum absolute atomic E-state index is 11.4. The van der Waals surface area contributed by atoms with Gasteiger partial charge in [0.15, 0.2) is 0 Å². The number of carbonyl (C=O) groups excluding carboxylic acids is 1. The lowest BCUT2D eigenvalue weighted by Gasteiger charge is -2.11. The van der Waals surface area contributed by atoms with E-state index in [4.69, 9.17) is 5.73 Å². The number of pyridine rings is 2. The summed E-state index contributed by atoms with van der Waals surface area (Å²) in [5.41, 5.74) is 10.8. The van der Waals surface area contributed by atoms with E-state index in [1.54, 1.807) is 12.1 Å². The molecule has 4 heteroatoms. The highest BCUT2D eigenvalue weighted by atomic mass is 16.1. The number of nitrogens with two attached hydrogens (primary N) is 1. The molecule has 0 saturated carbocycles. The van der Waals surface area contributed by atoms with E-state index in [0.717, 1.165) is 44.1 Å². The highest BCUT2D eigenvalue weighted by molar-refractivity contribution is 6.04. The van der Waals surface area contributed by atoms with Crippen molar-refractivity contribution in [3.63, 3.8) is 0 Å². The van der Waals surface area contributed by atoms with E-state index in [2.05, 4.69) is 34.2 Å². The second-order valence-corrected chi connectivity index (χ2v) is 6.92. The third-order valence-corrected chi connectivity index (χ3v) is 5.15. The Bertz CT molecular complexity index is 1370. The lowest BCUT2D eigenvalue weighted by atomic mass is 9.96. The molecule has 4 nitrogen and oxygen atoms in total. The SMILES string of the molecule is NC(=O)c1ccc(-c2nccc3c(-c4cnc5ccccc5c4)cccc23)cc1. The quantitative estimate of drug-likeness (QED) is 0.470. The number of hydrogen-bond donors (Lipinski definition) is 1. The first kappa shape index (κ1) is 17.1. The Morgan fingerprint density at radius 1 is 0.759 bits per heavy atom. The third-order valence-electron chi connectivity index (χ3n) is 5.15. The van der Waals surface area contributed by atoms with E-state index in [1.165, 1.54) is 0 Å². The van der Waals surface area contributed by atoms with Crippen molar-refractivity contribution in [1.82, 2.24) is 9.97 Å². The van der Waals surface area contributed by atoms with Gasteiger partial charge in [-0.3, -0.25) is 14.8 Å². The first-order chi connectivity index (χ1) is 14.2. The second kappa shape index (κ2) is 6.84. The molecule has 0 aliphatic rings. The van der Waals surface area contributed by atoms with Crippen LogP contribution < -0.4 is 5.73 Å². The molecule has 1 amide bonds. The van der Waals surface area contributed by atoms with Crippen molar-refractivity contribution in [2.24, 2.45) is 5.73 Å². The minimum atomic E-state index is -0.437. The van der Waals surface area contributed by atoms with E-state index in [9.17, 15) is 4.79 Å². The number of hydrogen-bond acceptors (Lipinski definition) is 3. The third kappa shape index (κ3) is 3.01. The van der Waals surface area contributed by atoms with Crippen LogP contribution in [0.25, 0.3) is 44.1 Å². The Hall–Kier alpha value is -4.05. The van der Waals surface area contributed by atoms with Gasteiger partial charge in [0.2, 0.25) is 5.91 Å². The number of primary amides is 1. The van der Waals surface area contributed by atoms with Gasteiger partial charge in [-0.1, -0.05) is 48.5 Å². The van der Waals surface area contributed by atoms with Crippen LogP contribution >= 0.6 is 0 Å². The van der Waals surface area contributed by atoms with E-state index < -0.39 is 5.91 Å². The van der Waals surface area contributed by atoms with Crippen LogP contribution in [0.1, 0.15) is 10.4 Å². The summed E-state index contributed by atoms with van der Waals surface area (Å²) in [5.74, 6) is -0.437. The lowest BCUT2D eigenvalue weighted by Crippen LogP contribution is -2.10. The van der Waals surface area contributed by atoms with Crippen LogP contribution in [0.2, 0.25) is 0 Å². The highest BCUT2D eigenvalue weighted by Crippen LogP contribution is 2.34. The number of benzene rings is 3. The Balaban J connectivity index is 1.68. The van der Waals surface area contributed by atoms with Crippen LogP contribution in [0.5, 0.6) is 0 Å². The predicted molar refractivity (Wildman–Crippen MR) is 116 cm³/mol. The Labute approximate surface area is 167 Å². The number of aromatic nitrogens is 2. The van der Waals surface area contributed by atoms with Crippen molar-refractivity contribution in [2.45, 2.75) is 0 Å². The smallest absolute Gasteiger partial charge is 0.248 e. The van der Waals surface area contributed by atoms with Gasteiger partial charge in [-0.2, -0.15) is 0 Å². The molecule has 0 fully saturated rings. The summed E-state index contributed by atoms with van der Waals surface area (Å²) < 4.78 is 0. The largest absolute Gasteiger partial charge is 0.366 e. The zero-order chi connectivity index (χ0) is 19.8. The van der Waals surface area contributed by atoms with E-state index >= 15 is 0 Å². The molecule has 0 unspecified atom stereocenters. The molecule has 138 valence electrons. The molecule has 29 heavy (non-hydrogen) atoms.